The molecule has 2 aliphatic heterocycles. The third-order valence-electron chi connectivity index (χ3n) is 4.41. The van der Waals surface area contributed by atoms with Crippen LogP contribution in [-0.2, 0) is 21.8 Å². The molecule has 0 aromatic carbocycles. The largest absolute Gasteiger partial charge is 0.377 e. The van der Waals surface area contributed by atoms with Gasteiger partial charge in [-0.2, -0.15) is 4.31 Å². The Kier molecular flexibility index (Phi) is 3.90. The molecule has 0 bridgehead atoms. The molecule has 6 nitrogen and oxygen atoms in total. The van der Waals surface area contributed by atoms with E-state index in [9.17, 15) is 8.42 Å². The first kappa shape index (κ1) is 14.7. The SMILES string of the molecule is Cn1cnc(S(=O)(=O)N2CCC3(CC=CCOC3)CC2)c1. The van der Waals surface area contributed by atoms with Crippen molar-refractivity contribution in [2.75, 3.05) is 26.3 Å². The van der Waals surface area contributed by atoms with Crippen LogP contribution in [0.15, 0.2) is 29.7 Å². The van der Waals surface area contributed by atoms with Crippen molar-refractivity contribution in [3.63, 3.8) is 0 Å². The van der Waals surface area contributed by atoms with Gasteiger partial charge < -0.3 is 9.30 Å². The predicted molar refractivity (Wildman–Crippen MR) is 78.2 cm³/mol. The number of sulfonamides is 1. The van der Waals surface area contributed by atoms with Gasteiger partial charge in [0.2, 0.25) is 0 Å². The maximum atomic E-state index is 12.5. The van der Waals surface area contributed by atoms with Crippen LogP contribution in [0.3, 0.4) is 0 Å². The summed E-state index contributed by atoms with van der Waals surface area (Å²) in [5.74, 6) is 0. The standard InChI is InChI=1S/C14H21N3O3S/c1-16-10-13(15-12-16)21(18,19)17-7-5-14(6-8-17)4-2-3-9-20-11-14/h2-3,10,12H,4-9,11H2,1H3. The molecule has 0 aliphatic carbocycles. The summed E-state index contributed by atoms with van der Waals surface area (Å²) in [5.41, 5.74) is 0.100. The topological polar surface area (TPSA) is 64.4 Å². The van der Waals surface area contributed by atoms with Crippen molar-refractivity contribution in [1.29, 1.82) is 0 Å². The Balaban J connectivity index is 1.72. The second kappa shape index (κ2) is 5.55. The molecule has 1 aromatic rings. The molecule has 0 atom stereocenters. The minimum atomic E-state index is -3.46. The van der Waals surface area contributed by atoms with Gasteiger partial charge in [0.25, 0.3) is 10.0 Å². The van der Waals surface area contributed by atoms with Crippen LogP contribution in [0.25, 0.3) is 0 Å². The van der Waals surface area contributed by atoms with Crippen molar-refractivity contribution < 1.29 is 13.2 Å². The van der Waals surface area contributed by atoms with Gasteiger partial charge in [0.1, 0.15) is 0 Å². The Bertz CT molecular complexity index is 628. The zero-order valence-corrected chi connectivity index (χ0v) is 13.1. The highest BCUT2D eigenvalue weighted by Crippen LogP contribution is 2.38. The minimum Gasteiger partial charge on any atom is -0.377 e. The van der Waals surface area contributed by atoms with Gasteiger partial charge >= 0.3 is 0 Å². The summed E-state index contributed by atoms with van der Waals surface area (Å²) < 4.78 is 33.9. The Morgan fingerprint density at radius 3 is 2.71 bits per heavy atom. The summed E-state index contributed by atoms with van der Waals surface area (Å²) >= 11 is 0. The molecule has 0 saturated carbocycles. The second-order valence-corrected chi connectivity index (χ2v) is 7.86. The number of aromatic nitrogens is 2. The fraction of sp³-hybridized carbons (Fsp3) is 0.643. The van der Waals surface area contributed by atoms with E-state index in [1.54, 1.807) is 22.1 Å². The molecule has 3 heterocycles. The first-order chi connectivity index (χ1) is 10.0. The monoisotopic (exact) mass is 311 g/mol. The highest BCUT2D eigenvalue weighted by Gasteiger charge is 2.39. The Morgan fingerprint density at radius 1 is 1.29 bits per heavy atom. The number of allylic oxidation sites excluding steroid dienone is 1. The van der Waals surface area contributed by atoms with Crippen molar-refractivity contribution in [1.82, 2.24) is 13.9 Å². The van der Waals surface area contributed by atoms with E-state index in [-0.39, 0.29) is 10.4 Å². The lowest BCUT2D eigenvalue weighted by atomic mass is 9.77. The predicted octanol–water partition coefficient (Wildman–Crippen LogP) is 1.17. The van der Waals surface area contributed by atoms with Gasteiger partial charge in [-0.1, -0.05) is 12.2 Å². The molecule has 21 heavy (non-hydrogen) atoms. The average Bonchev–Trinajstić information content (AvgIpc) is 2.79. The normalized spacial score (nSPS) is 23.3. The van der Waals surface area contributed by atoms with Crippen LogP contribution in [0.4, 0.5) is 0 Å². The van der Waals surface area contributed by atoms with Crippen molar-refractivity contribution in [3.05, 3.63) is 24.7 Å². The van der Waals surface area contributed by atoms with Crippen LogP contribution >= 0.6 is 0 Å². The van der Waals surface area contributed by atoms with Crippen LogP contribution in [0.1, 0.15) is 19.3 Å². The summed E-state index contributed by atoms with van der Waals surface area (Å²) in [6, 6.07) is 0. The van der Waals surface area contributed by atoms with Gasteiger partial charge in [-0.05, 0) is 24.7 Å². The lowest BCUT2D eigenvalue weighted by Gasteiger charge is -2.39. The van der Waals surface area contributed by atoms with Crippen molar-refractivity contribution in [2.24, 2.45) is 12.5 Å². The van der Waals surface area contributed by atoms with E-state index in [1.807, 2.05) is 6.08 Å². The summed E-state index contributed by atoms with van der Waals surface area (Å²) in [6.45, 7) is 2.46. The molecule has 116 valence electrons. The number of rotatable bonds is 2. The first-order valence-corrected chi connectivity index (χ1v) is 8.67. The van der Waals surface area contributed by atoms with E-state index >= 15 is 0 Å². The molecule has 1 aromatic heterocycles. The van der Waals surface area contributed by atoms with E-state index < -0.39 is 10.0 Å². The molecule has 0 unspecified atom stereocenters. The van der Waals surface area contributed by atoms with Gasteiger partial charge in [0.15, 0.2) is 5.03 Å². The lowest BCUT2D eigenvalue weighted by molar-refractivity contribution is 0.0323. The highest BCUT2D eigenvalue weighted by atomic mass is 32.2. The third kappa shape index (κ3) is 2.90. The van der Waals surface area contributed by atoms with E-state index in [0.29, 0.717) is 19.7 Å². The lowest BCUT2D eigenvalue weighted by Crippen LogP contribution is -2.44. The minimum absolute atomic E-state index is 0.100. The highest BCUT2D eigenvalue weighted by molar-refractivity contribution is 7.89. The van der Waals surface area contributed by atoms with Gasteiger partial charge in [0, 0.05) is 26.3 Å². The molecule has 7 heteroatoms. The first-order valence-electron chi connectivity index (χ1n) is 7.23. The number of hydrogen-bond donors (Lipinski definition) is 0. The van der Waals surface area contributed by atoms with Crippen molar-refractivity contribution >= 4 is 10.0 Å². The van der Waals surface area contributed by atoms with Crippen molar-refractivity contribution in [2.45, 2.75) is 24.3 Å². The molecule has 2 aliphatic rings. The second-order valence-electron chi connectivity index (χ2n) is 5.97. The number of piperidine rings is 1. The molecule has 0 amide bonds. The molecule has 0 radical (unpaired) electrons. The summed E-state index contributed by atoms with van der Waals surface area (Å²) in [6.07, 6.45) is 9.93. The van der Waals surface area contributed by atoms with E-state index in [2.05, 4.69) is 11.1 Å². The van der Waals surface area contributed by atoms with Crippen LogP contribution < -0.4 is 0 Å². The quantitative estimate of drug-likeness (QED) is 0.769. The molecule has 1 spiro atoms. The summed E-state index contributed by atoms with van der Waals surface area (Å²) in [7, 11) is -1.69. The zero-order valence-electron chi connectivity index (χ0n) is 12.2. The number of hydrogen-bond acceptors (Lipinski definition) is 4. The molecule has 0 N–H and O–H groups in total. The van der Waals surface area contributed by atoms with Crippen LogP contribution in [0.2, 0.25) is 0 Å². The van der Waals surface area contributed by atoms with E-state index in [1.165, 1.54) is 6.33 Å². The van der Waals surface area contributed by atoms with Crippen molar-refractivity contribution in [3.8, 4) is 0 Å². The smallest absolute Gasteiger partial charge is 0.262 e. The summed E-state index contributed by atoms with van der Waals surface area (Å²) in [5, 5.41) is 0.137. The number of aryl methyl sites for hydroxylation is 1. The molecule has 3 rings (SSSR count). The molecule has 1 saturated heterocycles. The Morgan fingerprint density at radius 2 is 2.05 bits per heavy atom. The van der Waals surface area contributed by atoms with Gasteiger partial charge in [-0.15, -0.1) is 0 Å². The van der Waals surface area contributed by atoms with E-state index in [4.69, 9.17) is 4.74 Å². The number of imidazole rings is 1. The molecular weight excluding hydrogens is 290 g/mol. The fourth-order valence-corrected chi connectivity index (χ4v) is 4.42. The van der Waals surface area contributed by atoms with Crippen LogP contribution in [0, 0.1) is 5.41 Å². The maximum absolute atomic E-state index is 12.5. The van der Waals surface area contributed by atoms with Gasteiger partial charge in [0.05, 0.1) is 19.5 Å². The zero-order chi connectivity index (χ0) is 14.9. The molecular formula is C14H21N3O3S. The third-order valence-corrected chi connectivity index (χ3v) is 6.19. The molecule has 1 fully saturated rings. The van der Waals surface area contributed by atoms with Gasteiger partial charge in [-0.3, -0.25) is 0 Å². The Labute approximate surface area is 125 Å². The van der Waals surface area contributed by atoms with E-state index in [0.717, 1.165) is 25.9 Å². The van der Waals surface area contributed by atoms with Crippen LogP contribution in [-0.4, -0.2) is 48.6 Å². The fourth-order valence-electron chi connectivity index (χ4n) is 3.01. The number of nitrogens with zero attached hydrogens (tertiary/aromatic N) is 3. The number of ether oxygens (including phenoxy) is 1. The average molecular weight is 311 g/mol. The maximum Gasteiger partial charge on any atom is 0.262 e. The van der Waals surface area contributed by atoms with Gasteiger partial charge in [-0.25, -0.2) is 13.4 Å². The Hall–Kier alpha value is -1.18. The summed E-state index contributed by atoms with van der Waals surface area (Å²) in [4.78, 5) is 3.98. The van der Waals surface area contributed by atoms with Crippen LogP contribution in [0.5, 0.6) is 0 Å².